The Bertz CT molecular complexity index is 484. The molecule has 2 aliphatic rings. The minimum Gasteiger partial charge on any atom is -0.311 e. The molecule has 1 fully saturated rings. The van der Waals surface area contributed by atoms with Crippen molar-refractivity contribution >= 4 is 0 Å². The number of aromatic nitrogens is 2. The molecule has 0 amide bonds. The highest BCUT2D eigenvalue weighted by molar-refractivity contribution is 5.29. The molecule has 21 heavy (non-hydrogen) atoms. The lowest BCUT2D eigenvalue weighted by molar-refractivity contribution is 0.218. The van der Waals surface area contributed by atoms with Gasteiger partial charge >= 0.3 is 0 Å². The first-order valence-electron chi connectivity index (χ1n) is 8.17. The summed E-state index contributed by atoms with van der Waals surface area (Å²) in [6.45, 7) is 7.45. The highest BCUT2D eigenvalue weighted by atomic mass is 15.2. The van der Waals surface area contributed by atoms with Gasteiger partial charge in [0, 0.05) is 18.8 Å². The summed E-state index contributed by atoms with van der Waals surface area (Å²) < 4.78 is 0. The van der Waals surface area contributed by atoms with Gasteiger partial charge in [0.1, 0.15) is 5.82 Å². The zero-order chi connectivity index (χ0) is 14.8. The predicted octanol–water partition coefficient (Wildman–Crippen LogP) is 0.993. The van der Waals surface area contributed by atoms with Crippen molar-refractivity contribution in [3.8, 4) is 0 Å². The molecule has 1 aromatic heterocycles. The van der Waals surface area contributed by atoms with Crippen LogP contribution in [0.1, 0.15) is 42.2 Å². The third-order valence-corrected chi connectivity index (χ3v) is 4.74. The Balaban J connectivity index is 1.97. The van der Waals surface area contributed by atoms with Gasteiger partial charge in [-0.1, -0.05) is 6.92 Å². The van der Waals surface area contributed by atoms with Gasteiger partial charge in [0.15, 0.2) is 0 Å². The molecule has 3 rings (SSSR count). The number of fused-ring (bicyclic) bond motifs is 1. The molecular weight excluding hydrogens is 262 g/mol. The lowest BCUT2D eigenvalue weighted by Crippen LogP contribution is -2.34. The Kier molecular flexibility index (Phi) is 4.52. The Morgan fingerprint density at radius 3 is 2.90 bits per heavy atom. The van der Waals surface area contributed by atoms with Gasteiger partial charge in [-0.2, -0.15) is 0 Å². The predicted molar refractivity (Wildman–Crippen MR) is 84.3 cm³/mol. The number of likely N-dealkylation sites (N-methyl/N-ethyl adjacent to an activating group) is 2. The van der Waals surface area contributed by atoms with Gasteiger partial charge in [0.25, 0.3) is 0 Å². The first-order chi connectivity index (χ1) is 10.2. The summed E-state index contributed by atoms with van der Waals surface area (Å²) in [4.78, 5) is 14.7. The van der Waals surface area contributed by atoms with Crippen molar-refractivity contribution in [2.75, 3.05) is 40.3 Å². The molecule has 1 N–H and O–H groups in total. The molecule has 0 saturated carbocycles. The van der Waals surface area contributed by atoms with Crippen LogP contribution in [0.15, 0.2) is 0 Å². The molecule has 5 nitrogen and oxygen atoms in total. The van der Waals surface area contributed by atoms with Crippen LogP contribution in [-0.2, 0) is 19.4 Å². The van der Waals surface area contributed by atoms with E-state index in [4.69, 9.17) is 9.97 Å². The zero-order valence-corrected chi connectivity index (χ0v) is 13.5. The molecule has 116 valence electrons. The Morgan fingerprint density at radius 2 is 2.10 bits per heavy atom. The fraction of sp³-hybridized carbons (Fsp3) is 0.750. The zero-order valence-electron chi connectivity index (χ0n) is 13.5. The minimum absolute atomic E-state index is 0.315. The molecule has 3 heterocycles. The molecule has 0 bridgehead atoms. The minimum atomic E-state index is 0.315. The maximum atomic E-state index is 4.95. The standard InChI is InChI=1S/C16H27N5/c1-4-13-12-6-7-17-10-14(12)19-16(18-13)15-11-20(2)8-5-9-21(15)3/h15,17H,4-11H2,1-3H3. The molecule has 2 aliphatic heterocycles. The quantitative estimate of drug-likeness (QED) is 0.880. The number of rotatable bonds is 2. The van der Waals surface area contributed by atoms with Gasteiger partial charge < -0.3 is 10.2 Å². The molecular formula is C16H27N5. The lowest BCUT2D eigenvalue weighted by atomic mass is 10.0. The average Bonchev–Trinajstić information content (AvgIpc) is 2.67. The summed E-state index contributed by atoms with van der Waals surface area (Å²) in [6, 6.07) is 0.315. The Morgan fingerprint density at radius 1 is 1.24 bits per heavy atom. The van der Waals surface area contributed by atoms with Crippen LogP contribution in [0.3, 0.4) is 0 Å². The number of hydrogen-bond acceptors (Lipinski definition) is 5. The smallest absolute Gasteiger partial charge is 0.147 e. The topological polar surface area (TPSA) is 44.3 Å². The van der Waals surface area contributed by atoms with Crippen LogP contribution in [-0.4, -0.2) is 60.0 Å². The second-order valence-electron chi connectivity index (χ2n) is 6.35. The van der Waals surface area contributed by atoms with Crippen LogP contribution in [0.2, 0.25) is 0 Å². The lowest BCUT2D eigenvalue weighted by Gasteiger charge is -2.28. The van der Waals surface area contributed by atoms with E-state index < -0.39 is 0 Å². The molecule has 0 radical (unpaired) electrons. The van der Waals surface area contributed by atoms with Crippen LogP contribution in [0.4, 0.5) is 0 Å². The second-order valence-corrected chi connectivity index (χ2v) is 6.35. The summed E-state index contributed by atoms with van der Waals surface area (Å²) in [5.41, 5.74) is 3.88. The van der Waals surface area contributed by atoms with E-state index in [-0.39, 0.29) is 0 Å². The van der Waals surface area contributed by atoms with Gasteiger partial charge in [0.2, 0.25) is 0 Å². The van der Waals surface area contributed by atoms with Gasteiger partial charge in [-0.15, -0.1) is 0 Å². The summed E-state index contributed by atoms with van der Waals surface area (Å²) in [5.74, 6) is 1.02. The molecule has 1 aromatic rings. The number of nitrogens with zero attached hydrogens (tertiary/aromatic N) is 4. The van der Waals surface area contributed by atoms with Gasteiger partial charge in [0.05, 0.1) is 11.7 Å². The number of aryl methyl sites for hydroxylation is 1. The monoisotopic (exact) mass is 289 g/mol. The van der Waals surface area contributed by atoms with Crippen molar-refractivity contribution in [3.05, 3.63) is 22.8 Å². The van der Waals surface area contributed by atoms with Crippen LogP contribution >= 0.6 is 0 Å². The van der Waals surface area contributed by atoms with Crippen molar-refractivity contribution in [1.29, 1.82) is 0 Å². The third-order valence-electron chi connectivity index (χ3n) is 4.74. The first-order valence-corrected chi connectivity index (χ1v) is 8.17. The fourth-order valence-electron chi connectivity index (χ4n) is 3.45. The summed E-state index contributed by atoms with van der Waals surface area (Å²) in [5, 5.41) is 3.44. The number of nitrogens with one attached hydrogen (secondary N) is 1. The van der Waals surface area contributed by atoms with Crippen molar-refractivity contribution in [2.45, 2.75) is 38.8 Å². The van der Waals surface area contributed by atoms with E-state index in [1.165, 1.54) is 23.4 Å². The van der Waals surface area contributed by atoms with Crippen LogP contribution < -0.4 is 5.32 Å². The van der Waals surface area contributed by atoms with Crippen molar-refractivity contribution in [1.82, 2.24) is 25.1 Å². The molecule has 1 saturated heterocycles. The van der Waals surface area contributed by atoms with E-state index in [2.05, 4.69) is 36.1 Å². The molecule has 0 aromatic carbocycles. The highest BCUT2D eigenvalue weighted by Gasteiger charge is 2.26. The molecule has 1 atom stereocenters. The maximum absolute atomic E-state index is 4.95. The third kappa shape index (κ3) is 3.10. The van der Waals surface area contributed by atoms with Gasteiger partial charge in [-0.3, -0.25) is 4.90 Å². The Labute approximate surface area is 127 Å². The van der Waals surface area contributed by atoms with Crippen LogP contribution in [0.25, 0.3) is 0 Å². The molecule has 0 aliphatic carbocycles. The summed E-state index contributed by atoms with van der Waals surface area (Å²) in [6.07, 6.45) is 3.29. The SMILES string of the molecule is CCc1nc(C2CN(C)CCCN2C)nc2c1CCNC2. The fourth-order valence-corrected chi connectivity index (χ4v) is 3.45. The Hall–Kier alpha value is -1.04. The van der Waals surface area contributed by atoms with Crippen molar-refractivity contribution in [3.63, 3.8) is 0 Å². The van der Waals surface area contributed by atoms with E-state index in [1.807, 2.05) is 0 Å². The molecule has 5 heteroatoms. The molecule has 1 unspecified atom stereocenters. The maximum Gasteiger partial charge on any atom is 0.147 e. The van der Waals surface area contributed by atoms with Crippen molar-refractivity contribution in [2.24, 2.45) is 0 Å². The largest absolute Gasteiger partial charge is 0.311 e. The normalized spacial score (nSPS) is 24.6. The van der Waals surface area contributed by atoms with Crippen LogP contribution in [0, 0.1) is 0 Å². The van der Waals surface area contributed by atoms with E-state index in [1.54, 1.807) is 0 Å². The summed E-state index contributed by atoms with van der Waals surface area (Å²) in [7, 11) is 4.41. The summed E-state index contributed by atoms with van der Waals surface area (Å²) >= 11 is 0. The first kappa shape index (κ1) is 14.9. The van der Waals surface area contributed by atoms with Crippen molar-refractivity contribution < 1.29 is 0 Å². The van der Waals surface area contributed by atoms with Gasteiger partial charge in [-0.05, 0) is 58.6 Å². The van der Waals surface area contributed by atoms with Crippen LogP contribution in [0.5, 0.6) is 0 Å². The van der Waals surface area contributed by atoms with E-state index in [9.17, 15) is 0 Å². The highest BCUT2D eigenvalue weighted by Crippen LogP contribution is 2.24. The van der Waals surface area contributed by atoms with E-state index >= 15 is 0 Å². The van der Waals surface area contributed by atoms with Gasteiger partial charge in [-0.25, -0.2) is 9.97 Å². The second kappa shape index (κ2) is 6.38. The number of hydrogen-bond donors (Lipinski definition) is 1. The van der Waals surface area contributed by atoms with E-state index in [0.717, 1.165) is 51.4 Å². The average molecular weight is 289 g/mol. The molecule has 0 spiro atoms. The van der Waals surface area contributed by atoms with E-state index in [0.29, 0.717) is 6.04 Å².